The van der Waals surface area contributed by atoms with Crippen LogP contribution in [0, 0.1) is 12.3 Å². The van der Waals surface area contributed by atoms with E-state index in [9.17, 15) is 4.79 Å². The van der Waals surface area contributed by atoms with E-state index in [1.54, 1.807) is 12.0 Å². The van der Waals surface area contributed by atoms with Crippen molar-refractivity contribution in [2.45, 2.75) is 13.3 Å². The number of methoxy groups -OCH3 is 1. The number of likely N-dealkylation sites (N-methyl/N-ethyl adjacent to an activating group) is 1. The van der Waals surface area contributed by atoms with E-state index < -0.39 is 5.41 Å². The fourth-order valence-corrected chi connectivity index (χ4v) is 2.83. The number of carbonyl (C=O) groups is 1. The van der Waals surface area contributed by atoms with Crippen LogP contribution in [0.2, 0.25) is 0 Å². The van der Waals surface area contributed by atoms with E-state index in [0.29, 0.717) is 26.3 Å². The molecule has 0 aromatic heterocycles. The lowest BCUT2D eigenvalue weighted by atomic mass is 9.86. The van der Waals surface area contributed by atoms with Gasteiger partial charge in [-0.3, -0.25) is 4.79 Å². The molecule has 2 rings (SSSR count). The second-order valence-electron chi connectivity index (χ2n) is 6.03. The summed E-state index contributed by atoms with van der Waals surface area (Å²) in [5, 5.41) is 3.26. The van der Waals surface area contributed by atoms with Crippen LogP contribution in [0.5, 0.6) is 5.75 Å². The molecule has 1 N–H and O–H groups in total. The lowest BCUT2D eigenvalue weighted by Gasteiger charge is -2.31. The summed E-state index contributed by atoms with van der Waals surface area (Å²) in [5.74, 6) is 0.965. The molecule has 5 nitrogen and oxygen atoms in total. The molecule has 1 aromatic rings. The Morgan fingerprint density at radius 2 is 2.09 bits per heavy atom. The second-order valence-corrected chi connectivity index (χ2v) is 6.03. The summed E-state index contributed by atoms with van der Waals surface area (Å²) in [4.78, 5) is 14.4. The Hall–Kier alpha value is -1.59. The molecule has 122 valence electrons. The lowest BCUT2D eigenvalue weighted by molar-refractivity contribution is -0.143. The Kier molecular flexibility index (Phi) is 5.80. The standard InChI is InChI=1S/C17H26N2O3/c1-14-4-6-15(7-5-14)22-11-10-19(2)16(20)17(13-21-3)8-9-18-12-17/h4-7,18H,8-13H2,1-3H3. The van der Waals surface area contributed by atoms with Crippen molar-refractivity contribution in [3.05, 3.63) is 29.8 Å². The predicted molar refractivity (Wildman–Crippen MR) is 86.1 cm³/mol. The first kappa shape index (κ1) is 16.8. The summed E-state index contributed by atoms with van der Waals surface area (Å²) in [6.07, 6.45) is 0.822. The Morgan fingerprint density at radius 1 is 1.36 bits per heavy atom. The summed E-state index contributed by atoms with van der Waals surface area (Å²) in [5.41, 5.74) is 0.780. The number of rotatable bonds is 7. The highest BCUT2D eigenvalue weighted by Gasteiger charge is 2.42. The predicted octanol–water partition coefficient (Wildman–Crippen LogP) is 1.46. The van der Waals surface area contributed by atoms with Crippen LogP contribution in [0.15, 0.2) is 24.3 Å². The molecule has 1 amide bonds. The third kappa shape index (κ3) is 3.99. The number of hydrogen-bond donors (Lipinski definition) is 1. The van der Waals surface area contributed by atoms with E-state index >= 15 is 0 Å². The number of hydrogen-bond acceptors (Lipinski definition) is 4. The third-order valence-corrected chi connectivity index (χ3v) is 4.18. The van der Waals surface area contributed by atoms with Crippen molar-refractivity contribution >= 4 is 5.91 Å². The van der Waals surface area contributed by atoms with Gasteiger partial charge in [0.15, 0.2) is 0 Å². The molecule has 22 heavy (non-hydrogen) atoms. The maximum absolute atomic E-state index is 12.7. The van der Waals surface area contributed by atoms with Gasteiger partial charge in [0.1, 0.15) is 12.4 Å². The van der Waals surface area contributed by atoms with Crippen molar-refractivity contribution in [2.24, 2.45) is 5.41 Å². The number of benzene rings is 1. The first-order valence-corrected chi connectivity index (χ1v) is 7.72. The van der Waals surface area contributed by atoms with Gasteiger partial charge in [0, 0.05) is 20.7 Å². The molecule has 0 aliphatic carbocycles. The van der Waals surface area contributed by atoms with Gasteiger partial charge >= 0.3 is 0 Å². The van der Waals surface area contributed by atoms with Gasteiger partial charge in [0.25, 0.3) is 0 Å². The number of carbonyl (C=O) groups excluding carboxylic acids is 1. The van der Waals surface area contributed by atoms with Gasteiger partial charge in [-0.2, -0.15) is 0 Å². The lowest BCUT2D eigenvalue weighted by Crippen LogP contribution is -2.47. The number of ether oxygens (including phenoxy) is 2. The molecule has 1 atom stereocenters. The maximum Gasteiger partial charge on any atom is 0.232 e. The Bertz CT molecular complexity index is 481. The van der Waals surface area contributed by atoms with Gasteiger partial charge in [0.2, 0.25) is 5.91 Å². The van der Waals surface area contributed by atoms with Crippen LogP contribution in [0.3, 0.4) is 0 Å². The van der Waals surface area contributed by atoms with Crippen LogP contribution in [-0.4, -0.2) is 57.8 Å². The first-order chi connectivity index (χ1) is 10.6. The minimum Gasteiger partial charge on any atom is -0.492 e. The zero-order valence-corrected chi connectivity index (χ0v) is 13.7. The van der Waals surface area contributed by atoms with Crippen LogP contribution in [-0.2, 0) is 9.53 Å². The fraction of sp³-hybridized carbons (Fsp3) is 0.588. The van der Waals surface area contributed by atoms with Crippen molar-refractivity contribution in [3.8, 4) is 5.75 Å². The molecule has 0 spiro atoms. The van der Waals surface area contributed by atoms with Crippen molar-refractivity contribution in [2.75, 3.05) is 47.0 Å². The molecule has 1 fully saturated rings. The van der Waals surface area contributed by atoms with Crippen molar-refractivity contribution < 1.29 is 14.3 Å². The summed E-state index contributed by atoms with van der Waals surface area (Å²) in [6.45, 7) is 5.11. The summed E-state index contributed by atoms with van der Waals surface area (Å²) >= 11 is 0. The maximum atomic E-state index is 12.7. The van der Waals surface area contributed by atoms with E-state index in [2.05, 4.69) is 5.32 Å². The molecule has 1 saturated heterocycles. The highest BCUT2D eigenvalue weighted by atomic mass is 16.5. The number of nitrogens with zero attached hydrogens (tertiary/aromatic N) is 1. The molecule has 0 radical (unpaired) electrons. The molecule has 1 aliphatic rings. The zero-order chi connectivity index (χ0) is 16.0. The molecule has 1 aromatic carbocycles. The second kappa shape index (κ2) is 7.61. The Morgan fingerprint density at radius 3 is 2.68 bits per heavy atom. The Labute approximate surface area is 132 Å². The highest BCUT2D eigenvalue weighted by molar-refractivity contribution is 5.83. The van der Waals surface area contributed by atoms with Gasteiger partial charge in [-0.25, -0.2) is 0 Å². The largest absolute Gasteiger partial charge is 0.492 e. The summed E-state index contributed by atoms with van der Waals surface area (Å²) in [7, 11) is 3.48. The van der Waals surface area contributed by atoms with Crippen LogP contribution in [0.1, 0.15) is 12.0 Å². The SMILES string of the molecule is COCC1(C(=O)N(C)CCOc2ccc(C)cc2)CCNC1. The number of amides is 1. The molecule has 1 heterocycles. The molecule has 1 aliphatic heterocycles. The molecular formula is C17H26N2O3. The summed E-state index contributed by atoms with van der Waals surface area (Å²) < 4.78 is 11.0. The van der Waals surface area contributed by atoms with Gasteiger partial charge in [-0.15, -0.1) is 0 Å². The van der Waals surface area contributed by atoms with Crippen molar-refractivity contribution in [1.29, 1.82) is 0 Å². The van der Waals surface area contributed by atoms with Crippen LogP contribution in [0.4, 0.5) is 0 Å². The van der Waals surface area contributed by atoms with Gasteiger partial charge in [-0.05, 0) is 32.0 Å². The minimum atomic E-state index is -0.423. The van der Waals surface area contributed by atoms with E-state index in [-0.39, 0.29) is 5.91 Å². The molecular weight excluding hydrogens is 280 g/mol. The van der Waals surface area contributed by atoms with E-state index in [1.165, 1.54) is 5.56 Å². The Balaban J connectivity index is 1.84. The van der Waals surface area contributed by atoms with Crippen molar-refractivity contribution in [3.63, 3.8) is 0 Å². The average Bonchev–Trinajstić information content (AvgIpc) is 2.98. The van der Waals surface area contributed by atoms with Gasteiger partial charge in [-0.1, -0.05) is 17.7 Å². The quantitative estimate of drug-likeness (QED) is 0.828. The molecule has 5 heteroatoms. The normalized spacial score (nSPS) is 20.9. The molecule has 0 bridgehead atoms. The van der Waals surface area contributed by atoms with Crippen LogP contribution in [0.25, 0.3) is 0 Å². The summed E-state index contributed by atoms with van der Waals surface area (Å²) in [6, 6.07) is 7.93. The monoisotopic (exact) mass is 306 g/mol. The van der Waals surface area contributed by atoms with Crippen molar-refractivity contribution in [1.82, 2.24) is 10.2 Å². The van der Waals surface area contributed by atoms with Gasteiger partial charge in [0.05, 0.1) is 18.6 Å². The first-order valence-electron chi connectivity index (χ1n) is 7.72. The zero-order valence-electron chi connectivity index (χ0n) is 13.7. The van der Waals surface area contributed by atoms with Crippen LogP contribution < -0.4 is 10.1 Å². The van der Waals surface area contributed by atoms with E-state index in [0.717, 1.165) is 18.7 Å². The fourth-order valence-electron chi connectivity index (χ4n) is 2.83. The number of aryl methyl sites for hydroxylation is 1. The molecule has 0 saturated carbocycles. The van der Waals surface area contributed by atoms with E-state index in [4.69, 9.17) is 9.47 Å². The highest BCUT2D eigenvalue weighted by Crippen LogP contribution is 2.28. The third-order valence-electron chi connectivity index (χ3n) is 4.18. The topological polar surface area (TPSA) is 50.8 Å². The van der Waals surface area contributed by atoms with Crippen LogP contribution >= 0.6 is 0 Å². The minimum absolute atomic E-state index is 0.131. The smallest absolute Gasteiger partial charge is 0.232 e. The van der Waals surface area contributed by atoms with E-state index in [1.807, 2.05) is 38.2 Å². The van der Waals surface area contributed by atoms with Gasteiger partial charge < -0.3 is 19.7 Å². The average molecular weight is 306 g/mol. The molecule has 1 unspecified atom stereocenters. The number of nitrogens with one attached hydrogen (secondary N) is 1.